The number of rotatable bonds is 5. The standard InChI is InChI=1S/C14H21N3O3/c18-13-6-2-1-3-8-17(13)9-7-15-14(19)16-11-12-5-4-10-20-12/h4-5,10H,1-3,6-9,11H2,(H2,15,16,19). The van der Waals surface area contributed by atoms with Crippen LogP contribution in [0, 0.1) is 0 Å². The number of urea groups is 1. The third kappa shape index (κ3) is 4.60. The van der Waals surface area contributed by atoms with Crippen molar-refractivity contribution in [3.05, 3.63) is 24.2 Å². The summed E-state index contributed by atoms with van der Waals surface area (Å²) >= 11 is 0. The molecular formula is C14H21N3O3. The van der Waals surface area contributed by atoms with Gasteiger partial charge >= 0.3 is 6.03 Å². The van der Waals surface area contributed by atoms with Gasteiger partial charge in [0.2, 0.25) is 5.91 Å². The van der Waals surface area contributed by atoms with Gasteiger partial charge < -0.3 is 20.0 Å². The van der Waals surface area contributed by atoms with Crippen molar-refractivity contribution < 1.29 is 14.0 Å². The third-order valence-electron chi connectivity index (χ3n) is 3.34. The highest BCUT2D eigenvalue weighted by atomic mass is 16.3. The zero-order valence-electron chi connectivity index (χ0n) is 11.6. The number of hydrogen-bond donors (Lipinski definition) is 2. The van der Waals surface area contributed by atoms with Crippen molar-refractivity contribution in [1.82, 2.24) is 15.5 Å². The van der Waals surface area contributed by atoms with E-state index in [-0.39, 0.29) is 11.9 Å². The smallest absolute Gasteiger partial charge is 0.315 e. The molecule has 1 fully saturated rings. The van der Waals surface area contributed by atoms with Crippen molar-refractivity contribution in [3.63, 3.8) is 0 Å². The molecule has 2 heterocycles. The van der Waals surface area contributed by atoms with Gasteiger partial charge in [0.15, 0.2) is 0 Å². The van der Waals surface area contributed by atoms with Crippen LogP contribution in [0.15, 0.2) is 22.8 Å². The second kappa shape index (κ2) is 7.57. The monoisotopic (exact) mass is 279 g/mol. The summed E-state index contributed by atoms with van der Waals surface area (Å²) in [6.07, 6.45) is 5.34. The summed E-state index contributed by atoms with van der Waals surface area (Å²) in [6.45, 7) is 2.21. The summed E-state index contributed by atoms with van der Waals surface area (Å²) in [7, 11) is 0. The maximum absolute atomic E-state index is 11.8. The molecule has 2 rings (SSSR count). The summed E-state index contributed by atoms with van der Waals surface area (Å²) in [6, 6.07) is 3.33. The van der Waals surface area contributed by atoms with E-state index in [0.29, 0.717) is 31.8 Å². The quantitative estimate of drug-likeness (QED) is 0.857. The number of carbonyl (C=O) groups is 2. The van der Waals surface area contributed by atoms with Crippen LogP contribution in [0.2, 0.25) is 0 Å². The lowest BCUT2D eigenvalue weighted by Gasteiger charge is -2.20. The minimum atomic E-state index is -0.247. The van der Waals surface area contributed by atoms with E-state index in [1.807, 2.05) is 4.90 Å². The number of nitrogens with one attached hydrogen (secondary N) is 2. The Bertz CT molecular complexity index is 431. The van der Waals surface area contributed by atoms with E-state index >= 15 is 0 Å². The Hall–Kier alpha value is -1.98. The number of nitrogens with zero attached hydrogens (tertiary/aromatic N) is 1. The van der Waals surface area contributed by atoms with E-state index in [0.717, 1.165) is 25.8 Å². The predicted octanol–water partition coefficient (Wildman–Crippen LogP) is 1.48. The van der Waals surface area contributed by atoms with Crippen molar-refractivity contribution in [2.45, 2.75) is 32.2 Å². The zero-order valence-corrected chi connectivity index (χ0v) is 11.6. The Morgan fingerprint density at radius 2 is 2.20 bits per heavy atom. The molecule has 20 heavy (non-hydrogen) atoms. The molecule has 1 aromatic heterocycles. The average molecular weight is 279 g/mol. The molecule has 1 aromatic rings. The van der Waals surface area contributed by atoms with Gasteiger partial charge in [0, 0.05) is 26.1 Å². The second-order valence-corrected chi connectivity index (χ2v) is 4.88. The molecule has 0 unspecified atom stereocenters. The van der Waals surface area contributed by atoms with Crippen LogP contribution in [0.25, 0.3) is 0 Å². The first-order chi connectivity index (χ1) is 9.75. The highest BCUT2D eigenvalue weighted by Gasteiger charge is 2.15. The van der Waals surface area contributed by atoms with Gasteiger partial charge in [0.25, 0.3) is 0 Å². The molecule has 1 aliphatic rings. The minimum absolute atomic E-state index is 0.195. The maximum Gasteiger partial charge on any atom is 0.315 e. The summed E-state index contributed by atoms with van der Waals surface area (Å²) in [5.41, 5.74) is 0. The molecule has 6 nitrogen and oxygen atoms in total. The van der Waals surface area contributed by atoms with E-state index in [1.165, 1.54) is 0 Å². The molecular weight excluding hydrogens is 258 g/mol. The lowest BCUT2D eigenvalue weighted by atomic mass is 10.2. The Labute approximate surface area is 118 Å². The molecule has 1 aliphatic heterocycles. The third-order valence-corrected chi connectivity index (χ3v) is 3.34. The van der Waals surface area contributed by atoms with Crippen LogP contribution >= 0.6 is 0 Å². The van der Waals surface area contributed by atoms with E-state index in [1.54, 1.807) is 18.4 Å². The highest BCUT2D eigenvalue weighted by Crippen LogP contribution is 2.10. The van der Waals surface area contributed by atoms with Crippen LogP contribution in [-0.2, 0) is 11.3 Å². The summed E-state index contributed by atoms with van der Waals surface area (Å²) in [5, 5.41) is 5.45. The maximum atomic E-state index is 11.8. The summed E-state index contributed by atoms with van der Waals surface area (Å²) < 4.78 is 5.12. The number of furan rings is 1. The molecule has 0 aromatic carbocycles. The molecule has 1 saturated heterocycles. The normalized spacial score (nSPS) is 15.8. The molecule has 3 amide bonds. The lowest BCUT2D eigenvalue weighted by Crippen LogP contribution is -2.41. The van der Waals surface area contributed by atoms with Crippen LogP contribution in [0.5, 0.6) is 0 Å². The lowest BCUT2D eigenvalue weighted by molar-refractivity contribution is -0.130. The molecule has 110 valence electrons. The molecule has 0 atom stereocenters. The van der Waals surface area contributed by atoms with E-state index in [4.69, 9.17) is 4.42 Å². The van der Waals surface area contributed by atoms with Crippen LogP contribution < -0.4 is 10.6 Å². The van der Waals surface area contributed by atoms with Gasteiger partial charge in [0.05, 0.1) is 12.8 Å². The van der Waals surface area contributed by atoms with Crippen molar-refractivity contribution >= 4 is 11.9 Å². The van der Waals surface area contributed by atoms with Crippen LogP contribution in [0.4, 0.5) is 4.79 Å². The Morgan fingerprint density at radius 1 is 1.30 bits per heavy atom. The van der Waals surface area contributed by atoms with Gasteiger partial charge in [-0.25, -0.2) is 4.79 Å². The van der Waals surface area contributed by atoms with Crippen LogP contribution in [-0.4, -0.2) is 36.5 Å². The van der Waals surface area contributed by atoms with Crippen molar-refractivity contribution in [2.24, 2.45) is 0 Å². The zero-order chi connectivity index (χ0) is 14.2. The predicted molar refractivity (Wildman–Crippen MR) is 74.0 cm³/mol. The fourth-order valence-corrected chi connectivity index (χ4v) is 2.22. The Morgan fingerprint density at radius 3 is 3.00 bits per heavy atom. The van der Waals surface area contributed by atoms with Crippen molar-refractivity contribution in [2.75, 3.05) is 19.6 Å². The molecule has 0 bridgehead atoms. The van der Waals surface area contributed by atoms with Gasteiger partial charge in [-0.05, 0) is 25.0 Å². The largest absolute Gasteiger partial charge is 0.467 e. The minimum Gasteiger partial charge on any atom is -0.467 e. The molecule has 0 radical (unpaired) electrons. The molecule has 2 N–H and O–H groups in total. The summed E-state index contributed by atoms with van der Waals surface area (Å²) in [5.74, 6) is 0.906. The van der Waals surface area contributed by atoms with Gasteiger partial charge in [-0.15, -0.1) is 0 Å². The highest BCUT2D eigenvalue weighted by molar-refractivity contribution is 5.76. The fourth-order valence-electron chi connectivity index (χ4n) is 2.22. The molecule has 0 saturated carbocycles. The van der Waals surface area contributed by atoms with Crippen molar-refractivity contribution in [3.8, 4) is 0 Å². The van der Waals surface area contributed by atoms with E-state index < -0.39 is 0 Å². The Balaban J connectivity index is 1.62. The molecule has 6 heteroatoms. The average Bonchev–Trinajstić information content (AvgIpc) is 2.88. The van der Waals surface area contributed by atoms with Crippen molar-refractivity contribution in [1.29, 1.82) is 0 Å². The number of hydrogen-bond acceptors (Lipinski definition) is 3. The number of carbonyl (C=O) groups excluding carboxylic acids is 2. The second-order valence-electron chi connectivity index (χ2n) is 4.88. The SMILES string of the molecule is O=C(NCCN1CCCCCC1=O)NCc1ccco1. The molecule has 0 aliphatic carbocycles. The fraction of sp³-hybridized carbons (Fsp3) is 0.571. The van der Waals surface area contributed by atoms with Crippen LogP contribution in [0.3, 0.4) is 0 Å². The Kier molecular flexibility index (Phi) is 5.46. The van der Waals surface area contributed by atoms with Crippen LogP contribution in [0.1, 0.15) is 31.4 Å². The van der Waals surface area contributed by atoms with Gasteiger partial charge in [-0.3, -0.25) is 4.79 Å². The van der Waals surface area contributed by atoms with Gasteiger partial charge in [-0.2, -0.15) is 0 Å². The van der Waals surface area contributed by atoms with Gasteiger partial charge in [-0.1, -0.05) is 6.42 Å². The first-order valence-electron chi connectivity index (χ1n) is 7.07. The first kappa shape index (κ1) is 14.4. The first-order valence-corrected chi connectivity index (χ1v) is 7.07. The van der Waals surface area contributed by atoms with Gasteiger partial charge in [0.1, 0.15) is 5.76 Å². The topological polar surface area (TPSA) is 74.6 Å². The number of amides is 3. The van der Waals surface area contributed by atoms with E-state index in [9.17, 15) is 9.59 Å². The molecule has 0 spiro atoms. The van der Waals surface area contributed by atoms with E-state index in [2.05, 4.69) is 10.6 Å². The summed E-state index contributed by atoms with van der Waals surface area (Å²) in [4.78, 5) is 25.2. The number of likely N-dealkylation sites (tertiary alicyclic amines) is 1.